The Kier molecular flexibility index (Phi) is 3.26. The third kappa shape index (κ3) is 2.43. The van der Waals surface area contributed by atoms with Crippen molar-refractivity contribution in [1.29, 1.82) is 0 Å². The van der Waals surface area contributed by atoms with Crippen LogP contribution in [0, 0.1) is 0 Å². The van der Waals surface area contributed by atoms with Gasteiger partial charge in [-0.1, -0.05) is 6.92 Å². The van der Waals surface area contributed by atoms with Crippen molar-refractivity contribution in [2.75, 3.05) is 31.2 Å². The predicted molar refractivity (Wildman–Crippen MR) is 67.6 cm³/mol. The Morgan fingerprint density at radius 1 is 1.47 bits per heavy atom. The van der Waals surface area contributed by atoms with Crippen molar-refractivity contribution in [1.82, 2.24) is 14.7 Å². The van der Waals surface area contributed by atoms with Crippen LogP contribution in [0.1, 0.15) is 19.2 Å². The minimum Gasteiger partial charge on any atom is -0.380 e. The Morgan fingerprint density at radius 2 is 2.35 bits per heavy atom. The van der Waals surface area contributed by atoms with Crippen LogP contribution in [0.5, 0.6) is 0 Å². The molecule has 1 aromatic rings. The molecular formula is C11H18N4OS. The largest absolute Gasteiger partial charge is 0.380 e. The van der Waals surface area contributed by atoms with E-state index < -0.39 is 0 Å². The molecule has 17 heavy (non-hydrogen) atoms. The monoisotopic (exact) mass is 254 g/mol. The number of aryl methyl sites for hydroxylation is 1. The number of hydrogen-bond acceptors (Lipinski definition) is 6. The molecule has 5 nitrogen and oxygen atoms in total. The Bertz CT molecular complexity index is 371. The highest BCUT2D eigenvalue weighted by atomic mass is 32.1. The van der Waals surface area contributed by atoms with Gasteiger partial charge in [-0.05, 0) is 6.42 Å². The average molecular weight is 254 g/mol. The minimum absolute atomic E-state index is 0.558. The Hall–Kier alpha value is -0.720. The third-order valence-electron chi connectivity index (χ3n) is 3.33. The molecule has 2 saturated heterocycles. The van der Waals surface area contributed by atoms with Gasteiger partial charge in [-0.25, -0.2) is 4.98 Å². The van der Waals surface area contributed by atoms with E-state index in [1.54, 1.807) is 0 Å². The second kappa shape index (κ2) is 4.88. The maximum atomic E-state index is 5.36. The highest BCUT2D eigenvalue weighted by Crippen LogP contribution is 2.23. The summed E-state index contributed by atoms with van der Waals surface area (Å²) in [5, 5.41) is 4.70. The van der Waals surface area contributed by atoms with Crippen LogP contribution < -0.4 is 10.2 Å². The van der Waals surface area contributed by atoms with Crippen LogP contribution in [-0.4, -0.2) is 47.7 Å². The van der Waals surface area contributed by atoms with Crippen LogP contribution in [0.15, 0.2) is 0 Å². The SMILES string of the molecule is CCc1nsc(N2CC(NC3CCOC3)C2)n1. The first-order chi connectivity index (χ1) is 8.35. The molecule has 1 unspecified atom stereocenters. The number of hydrogen-bond donors (Lipinski definition) is 1. The van der Waals surface area contributed by atoms with Crippen LogP contribution >= 0.6 is 11.5 Å². The first kappa shape index (κ1) is 11.4. The van der Waals surface area contributed by atoms with E-state index in [4.69, 9.17) is 4.74 Å². The van der Waals surface area contributed by atoms with E-state index in [1.165, 1.54) is 11.5 Å². The zero-order chi connectivity index (χ0) is 11.7. The normalized spacial score (nSPS) is 25.2. The van der Waals surface area contributed by atoms with Crippen molar-refractivity contribution in [3.05, 3.63) is 5.82 Å². The van der Waals surface area contributed by atoms with Crippen LogP contribution in [0.25, 0.3) is 0 Å². The molecule has 0 saturated carbocycles. The van der Waals surface area contributed by atoms with E-state index in [9.17, 15) is 0 Å². The number of nitrogens with one attached hydrogen (secondary N) is 1. The maximum absolute atomic E-state index is 5.36. The van der Waals surface area contributed by atoms with E-state index in [-0.39, 0.29) is 0 Å². The van der Waals surface area contributed by atoms with Crippen molar-refractivity contribution in [2.45, 2.75) is 31.8 Å². The zero-order valence-corrected chi connectivity index (χ0v) is 10.9. The highest BCUT2D eigenvalue weighted by molar-refractivity contribution is 7.09. The summed E-state index contributed by atoms with van der Waals surface area (Å²) in [6, 6.07) is 1.15. The molecule has 0 aromatic carbocycles. The number of nitrogens with zero attached hydrogens (tertiary/aromatic N) is 3. The lowest BCUT2D eigenvalue weighted by Crippen LogP contribution is -2.60. The lowest BCUT2D eigenvalue weighted by atomic mass is 10.1. The Labute approximate surface area is 105 Å². The summed E-state index contributed by atoms with van der Waals surface area (Å²) in [6.45, 7) is 5.97. The molecule has 0 aliphatic carbocycles. The van der Waals surface area contributed by atoms with E-state index in [0.29, 0.717) is 12.1 Å². The first-order valence-corrected chi connectivity index (χ1v) is 7.04. The van der Waals surface area contributed by atoms with Crippen molar-refractivity contribution in [2.24, 2.45) is 0 Å². The van der Waals surface area contributed by atoms with Gasteiger partial charge in [0.15, 0.2) is 0 Å². The molecule has 1 atom stereocenters. The van der Waals surface area contributed by atoms with Gasteiger partial charge < -0.3 is 15.0 Å². The van der Waals surface area contributed by atoms with Gasteiger partial charge in [0, 0.05) is 49.7 Å². The highest BCUT2D eigenvalue weighted by Gasteiger charge is 2.31. The van der Waals surface area contributed by atoms with Crippen molar-refractivity contribution in [3.63, 3.8) is 0 Å². The quantitative estimate of drug-likeness (QED) is 0.856. The molecule has 3 rings (SSSR count). The van der Waals surface area contributed by atoms with Crippen LogP contribution in [0.2, 0.25) is 0 Å². The van der Waals surface area contributed by atoms with E-state index in [2.05, 4.69) is 26.5 Å². The second-order valence-corrected chi connectivity index (χ2v) is 5.41. The van der Waals surface area contributed by atoms with E-state index >= 15 is 0 Å². The number of anilines is 1. The predicted octanol–water partition coefficient (Wildman–Crippen LogP) is 0.668. The van der Waals surface area contributed by atoms with Crippen LogP contribution in [-0.2, 0) is 11.2 Å². The van der Waals surface area contributed by atoms with E-state index in [0.717, 1.165) is 50.1 Å². The molecule has 0 spiro atoms. The molecule has 2 fully saturated rings. The minimum atomic E-state index is 0.558. The van der Waals surface area contributed by atoms with Gasteiger partial charge in [0.25, 0.3) is 0 Å². The van der Waals surface area contributed by atoms with Crippen LogP contribution in [0.3, 0.4) is 0 Å². The fourth-order valence-electron chi connectivity index (χ4n) is 2.26. The topological polar surface area (TPSA) is 50.3 Å². The average Bonchev–Trinajstić information content (AvgIpc) is 2.94. The van der Waals surface area contributed by atoms with Gasteiger partial charge in [-0.15, -0.1) is 0 Å². The lowest BCUT2D eigenvalue weighted by Gasteiger charge is -2.40. The maximum Gasteiger partial charge on any atom is 0.205 e. The summed E-state index contributed by atoms with van der Waals surface area (Å²) < 4.78 is 9.67. The third-order valence-corrected chi connectivity index (χ3v) is 4.14. The summed E-state index contributed by atoms with van der Waals surface area (Å²) in [5.41, 5.74) is 0. The summed E-state index contributed by atoms with van der Waals surface area (Å²) >= 11 is 1.52. The number of rotatable bonds is 4. The van der Waals surface area contributed by atoms with E-state index in [1.807, 2.05) is 0 Å². The van der Waals surface area contributed by atoms with Gasteiger partial charge in [0.1, 0.15) is 5.82 Å². The molecule has 0 bridgehead atoms. The molecule has 2 aliphatic rings. The van der Waals surface area contributed by atoms with Crippen LogP contribution in [0.4, 0.5) is 5.13 Å². The summed E-state index contributed by atoms with van der Waals surface area (Å²) in [4.78, 5) is 6.79. The molecule has 94 valence electrons. The fraction of sp³-hybridized carbons (Fsp3) is 0.818. The van der Waals surface area contributed by atoms with Gasteiger partial charge in [-0.3, -0.25) is 0 Å². The Balaban J connectivity index is 1.47. The lowest BCUT2D eigenvalue weighted by molar-refractivity contribution is 0.186. The molecule has 2 aliphatic heterocycles. The van der Waals surface area contributed by atoms with Gasteiger partial charge in [0.05, 0.1) is 6.61 Å². The molecule has 3 heterocycles. The zero-order valence-electron chi connectivity index (χ0n) is 10.1. The summed E-state index contributed by atoms with van der Waals surface area (Å²) in [5.74, 6) is 0.964. The fourth-order valence-corrected chi connectivity index (χ4v) is 3.02. The Morgan fingerprint density at radius 3 is 3.00 bits per heavy atom. The van der Waals surface area contributed by atoms with Gasteiger partial charge in [-0.2, -0.15) is 4.37 Å². The first-order valence-electron chi connectivity index (χ1n) is 6.26. The molecule has 0 amide bonds. The molecular weight excluding hydrogens is 236 g/mol. The van der Waals surface area contributed by atoms with Crippen molar-refractivity contribution < 1.29 is 4.74 Å². The summed E-state index contributed by atoms with van der Waals surface area (Å²) in [6.07, 6.45) is 2.07. The number of aromatic nitrogens is 2. The molecule has 1 aromatic heterocycles. The standard InChI is InChI=1S/C11H18N4OS/c1-2-10-13-11(17-14-10)15-5-9(6-15)12-8-3-4-16-7-8/h8-9,12H,2-7H2,1H3. The van der Waals surface area contributed by atoms with Crippen molar-refractivity contribution in [3.8, 4) is 0 Å². The molecule has 0 radical (unpaired) electrons. The summed E-state index contributed by atoms with van der Waals surface area (Å²) in [7, 11) is 0. The van der Waals surface area contributed by atoms with Crippen molar-refractivity contribution >= 4 is 16.7 Å². The van der Waals surface area contributed by atoms with Gasteiger partial charge in [0.2, 0.25) is 5.13 Å². The molecule has 6 heteroatoms. The number of ether oxygens (including phenoxy) is 1. The molecule has 1 N–H and O–H groups in total. The second-order valence-electron chi connectivity index (χ2n) is 4.68. The van der Waals surface area contributed by atoms with Gasteiger partial charge >= 0.3 is 0 Å². The smallest absolute Gasteiger partial charge is 0.205 e.